The van der Waals surface area contributed by atoms with Crippen LogP contribution in [0.4, 0.5) is 0 Å². The summed E-state index contributed by atoms with van der Waals surface area (Å²) in [5.41, 5.74) is 6.72. The molecule has 1 aliphatic rings. The molecule has 6 nitrogen and oxygen atoms in total. The van der Waals surface area contributed by atoms with Gasteiger partial charge in [-0.3, -0.25) is 4.79 Å². The molecule has 9 aromatic rings. The Balaban J connectivity index is 0.000000162. The molecule has 0 spiro atoms. The summed E-state index contributed by atoms with van der Waals surface area (Å²) < 4.78 is 11.1. The number of ether oxygens (including phenoxy) is 2. The van der Waals surface area contributed by atoms with Crippen LogP contribution in [0.15, 0.2) is 206 Å². The first-order valence-corrected chi connectivity index (χ1v) is 20.2. The Morgan fingerprint density at radius 1 is 0.581 bits per heavy atom. The maximum absolute atomic E-state index is 12.1. The third-order valence-corrected chi connectivity index (χ3v) is 10.1. The largest absolute Gasteiger partial charge is 0.509 e. The number of hydrogen-bond donors (Lipinski definition) is 1. The summed E-state index contributed by atoms with van der Waals surface area (Å²) in [6.45, 7) is -0.241. The van der Waals surface area contributed by atoms with Crippen molar-refractivity contribution in [3.63, 3.8) is 0 Å². The summed E-state index contributed by atoms with van der Waals surface area (Å²) in [5.74, 6) is 0.742. The van der Waals surface area contributed by atoms with Gasteiger partial charge in [-0.15, -0.1) is 70.1 Å². The molecule has 7 heteroatoms. The van der Waals surface area contributed by atoms with E-state index in [4.69, 9.17) is 9.47 Å². The number of allylic oxidation sites excluding steroid dienone is 4. The average molecular weight is 987 g/mol. The molecule has 1 radical (unpaired) electrons. The number of aromatic nitrogens is 2. The zero-order valence-electron chi connectivity index (χ0n) is 33.8. The number of carbonyl (C=O) groups is 1. The van der Waals surface area contributed by atoms with Gasteiger partial charge in [0.05, 0.1) is 0 Å². The molecule has 0 aliphatic heterocycles. The van der Waals surface area contributed by atoms with Gasteiger partial charge in [0, 0.05) is 38.6 Å². The fourth-order valence-corrected chi connectivity index (χ4v) is 7.03. The zero-order valence-corrected chi connectivity index (χ0v) is 36.2. The van der Waals surface area contributed by atoms with Crippen LogP contribution in [0.25, 0.3) is 60.1 Å². The van der Waals surface area contributed by atoms with Crippen LogP contribution in [0.2, 0.25) is 0 Å². The number of nitrogens with zero attached hydrogens (tertiary/aromatic N) is 2. The van der Waals surface area contributed by atoms with Gasteiger partial charge in [0.25, 0.3) is 0 Å². The van der Waals surface area contributed by atoms with Crippen LogP contribution < -0.4 is 9.47 Å². The van der Waals surface area contributed by atoms with Crippen LogP contribution in [0, 0.1) is 12.1 Å². The monoisotopic (exact) mass is 987 g/mol. The van der Waals surface area contributed by atoms with E-state index in [1.807, 2.05) is 128 Å². The van der Waals surface area contributed by atoms with Crippen molar-refractivity contribution >= 4 is 54.7 Å². The predicted molar refractivity (Wildman–Crippen MR) is 248 cm³/mol. The van der Waals surface area contributed by atoms with Gasteiger partial charge in [-0.1, -0.05) is 109 Å². The quantitative estimate of drug-likeness (QED) is 0.0672. The summed E-state index contributed by atoms with van der Waals surface area (Å²) in [5, 5.41) is 17.0. The van der Waals surface area contributed by atoms with Crippen molar-refractivity contribution in [1.82, 2.24) is 9.97 Å². The molecule has 0 atom stereocenters. The van der Waals surface area contributed by atoms with E-state index in [-0.39, 0.29) is 44.9 Å². The summed E-state index contributed by atoms with van der Waals surface area (Å²) in [6, 6.07) is 60.3. The first kappa shape index (κ1) is 42.9. The van der Waals surface area contributed by atoms with Crippen LogP contribution in [0.3, 0.4) is 0 Å². The van der Waals surface area contributed by atoms with Crippen LogP contribution in [0.1, 0.15) is 18.4 Å². The van der Waals surface area contributed by atoms with Crippen molar-refractivity contribution in [2.24, 2.45) is 0 Å². The van der Waals surface area contributed by atoms with E-state index in [1.54, 1.807) is 0 Å². The van der Waals surface area contributed by atoms with E-state index >= 15 is 0 Å². The van der Waals surface area contributed by atoms with Crippen molar-refractivity contribution in [2.75, 3.05) is 13.2 Å². The molecule has 1 aliphatic carbocycles. The van der Waals surface area contributed by atoms with Gasteiger partial charge >= 0.3 is 0 Å². The minimum atomic E-state index is -0.334. The number of fused-ring (bicyclic) bond motifs is 6. The van der Waals surface area contributed by atoms with Crippen molar-refractivity contribution < 1.29 is 39.5 Å². The molecule has 7 aromatic carbocycles. The molecule has 0 unspecified atom stereocenters. The molecule has 0 amide bonds. The number of hydrogen-bond acceptors (Lipinski definition) is 6. The molecular weight excluding hydrogens is 945 g/mol. The molecule has 62 heavy (non-hydrogen) atoms. The fraction of sp³-hybridized carbons (Fsp3) is 0.0727. The Bertz CT molecular complexity index is 2780. The second kappa shape index (κ2) is 21.4. The molecule has 0 fully saturated rings. The first-order chi connectivity index (χ1) is 30.1. The van der Waals surface area contributed by atoms with Gasteiger partial charge in [-0.2, -0.15) is 0 Å². The first-order valence-electron chi connectivity index (χ1n) is 20.2. The second-order valence-corrected chi connectivity index (χ2v) is 14.3. The Kier molecular flexibility index (Phi) is 14.8. The molecule has 0 bridgehead atoms. The minimum absolute atomic E-state index is 0. The normalized spacial score (nSPS) is 12.0. The summed E-state index contributed by atoms with van der Waals surface area (Å²) in [7, 11) is 0. The summed E-state index contributed by atoms with van der Waals surface area (Å²) in [4.78, 5) is 20.9. The number of aliphatic hydroxyl groups excluding tert-OH is 1. The third-order valence-electron chi connectivity index (χ3n) is 10.1. The van der Waals surface area contributed by atoms with E-state index in [0.29, 0.717) is 11.5 Å². The van der Waals surface area contributed by atoms with Crippen molar-refractivity contribution in [3.05, 3.63) is 224 Å². The van der Waals surface area contributed by atoms with Gasteiger partial charge in [-0.05, 0) is 93.3 Å². The zero-order chi connectivity index (χ0) is 41.6. The molecule has 2 aromatic heterocycles. The number of benzene rings is 7. The number of pyridine rings is 2. The molecule has 307 valence electrons. The predicted octanol–water partition coefficient (Wildman–Crippen LogP) is 12.9. The van der Waals surface area contributed by atoms with Crippen molar-refractivity contribution in [3.8, 4) is 22.6 Å². The second-order valence-electron chi connectivity index (χ2n) is 14.3. The van der Waals surface area contributed by atoms with Gasteiger partial charge < -0.3 is 24.5 Å². The average Bonchev–Trinajstić information content (AvgIpc) is 3.34. The Labute approximate surface area is 374 Å². The molecule has 0 saturated carbocycles. The Morgan fingerprint density at radius 3 is 1.66 bits per heavy atom. The van der Waals surface area contributed by atoms with Crippen LogP contribution in [0.5, 0.6) is 11.5 Å². The minimum Gasteiger partial charge on any atom is -0.509 e. The van der Waals surface area contributed by atoms with Crippen molar-refractivity contribution in [2.45, 2.75) is 12.8 Å². The molecule has 0 saturated heterocycles. The summed E-state index contributed by atoms with van der Waals surface area (Å²) >= 11 is 0. The van der Waals surface area contributed by atoms with E-state index < -0.39 is 0 Å². The number of carbonyl (C=O) groups excluding carboxylic acids is 1. The van der Waals surface area contributed by atoms with Crippen LogP contribution in [-0.4, -0.2) is 34.1 Å². The smallest absolute Gasteiger partial charge is 0.196 e. The number of rotatable bonds is 9. The third kappa shape index (κ3) is 11.1. The van der Waals surface area contributed by atoms with Crippen molar-refractivity contribution in [1.29, 1.82) is 0 Å². The molecule has 10 rings (SSSR count). The van der Waals surface area contributed by atoms with Gasteiger partial charge in [0.15, 0.2) is 12.4 Å². The molecule has 1 N–H and O–H groups in total. The molecule has 2 heterocycles. The Hall–Kier alpha value is -7.18. The van der Waals surface area contributed by atoms with Gasteiger partial charge in [-0.25, -0.2) is 0 Å². The SMILES string of the molecule is O=C(/C=C(\O)COc1ccc(-c2ccccc2)cc1)COc1ccc(C2=CC=CCC2)cc1.[Ir].[c-]1cccc2ccc3cccnc3c12.[c-]1cccc2ccc3cccnc3c12. The maximum Gasteiger partial charge on any atom is 0.196 e. The van der Waals surface area contributed by atoms with Crippen LogP contribution >= 0.6 is 0 Å². The molecular formula is C55H42IrN2O4-2. The maximum atomic E-state index is 12.1. The van der Waals surface area contributed by atoms with E-state index in [2.05, 4.69) is 88.9 Å². The number of ketones is 1. The fourth-order valence-electron chi connectivity index (χ4n) is 7.03. The van der Waals surface area contributed by atoms with Gasteiger partial charge in [0.1, 0.15) is 23.9 Å². The number of aliphatic hydroxyl groups is 1. The van der Waals surface area contributed by atoms with Crippen LogP contribution in [-0.2, 0) is 24.9 Å². The summed E-state index contributed by atoms with van der Waals surface area (Å²) in [6.07, 6.45) is 13.2. The Morgan fingerprint density at radius 2 is 1.10 bits per heavy atom. The topological polar surface area (TPSA) is 81.5 Å². The van der Waals surface area contributed by atoms with Gasteiger partial charge in [0.2, 0.25) is 0 Å². The standard InChI is InChI=1S/C29H26O4.2C13H8N.Ir/c30-26(20-32-28-15-11-24(12-16-28)22-7-3-1-4-8-22)19-27(31)21-33-29-17-13-25(14-18-29)23-9-5-2-6-10-23;2*1-2-6-12-10(4-1)7-8-11-5-3-9-14-13(11)12;/h1-5,7-9,11-19,30H,6,10,20-21H2;2*1-5,7-9H;/q;2*-1;/b26-19-;;;. The van der Waals surface area contributed by atoms with E-state index in [0.717, 1.165) is 57.4 Å². The van der Waals surface area contributed by atoms with E-state index in [1.165, 1.54) is 27.1 Å². The van der Waals surface area contributed by atoms with E-state index in [9.17, 15) is 9.90 Å².